The fraction of sp³-hybridized carbons (Fsp3) is 0.444. The molecule has 1 aromatic heterocycles. The second-order valence-electron chi connectivity index (χ2n) is 3.08. The summed E-state index contributed by atoms with van der Waals surface area (Å²) in [5.41, 5.74) is -0.815. The average Bonchev–Trinajstić information content (AvgIpc) is 2.79. The first-order valence-electron chi connectivity index (χ1n) is 4.16. The van der Waals surface area contributed by atoms with E-state index in [1.165, 1.54) is 0 Å². The maximum atomic E-state index is 11.5. The Morgan fingerprint density at radius 2 is 2.50 bits per heavy atom. The van der Waals surface area contributed by atoms with Crippen molar-refractivity contribution in [2.45, 2.75) is 12.0 Å². The zero-order chi connectivity index (χ0) is 10.0. The topological polar surface area (TPSA) is 35.5 Å². The highest BCUT2D eigenvalue weighted by atomic mass is 79.9. The molecule has 0 bridgehead atoms. The molecule has 0 N–H and O–H groups in total. The summed E-state index contributed by atoms with van der Waals surface area (Å²) >= 11 is 4.92. The maximum Gasteiger partial charge on any atom is 0.341 e. The zero-order valence-corrected chi connectivity index (χ0v) is 9.77. The molecule has 0 spiro atoms. The minimum atomic E-state index is -0.815. The summed E-state index contributed by atoms with van der Waals surface area (Å²) in [7, 11) is 0. The van der Waals surface area contributed by atoms with Gasteiger partial charge in [-0.3, -0.25) is 0 Å². The largest absolute Gasteiger partial charge is 0.436 e. The molecule has 2 rings (SSSR count). The van der Waals surface area contributed by atoms with Crippen LogP contribution in [-0.2, 0) is 20.7 Å². The van der Waals surface area contributed by atoms with Crippen molar-refractivity contribution in [2.75, 3.05) is 12.1 Å². The van der Waals surface area contributed by atoms with E-state index in [4.69, 9.17) is 9.47 Å². The van der Waals surface area contributed by atoms with Crippen molar-refractivity contribution in [3.05, 3.63) is 22.4 Å². The molecule has 1 fully saturated rings. The Kier molecular flexibility index (Phi) is 2.90. The van der Waals surface area contributed by atoms with Crippen LogP contribution in [0.3, 0.4) is 0 Å². The van der Waals surface area contributed by atoms with Gasteiger partial charge in [-0.05, 0) is 11.4 Å². The molecule has 1 aliphatic rings. The van der Waals surface area contributed by atoms with Crippen molar-refractivity contribution in [1.29, 1.82) is 0 Å². The molecule has 2 heterocycles. The lowest BCUT2D eigenvalue weighted by Gasteiger charge is -2.19. The van der Waals surface area contributed by atoms with Crippen LogP contribution in [0.25, 0.3) is 0 Å². The number of halogens is 1. The lowest BCUT2D eigenvalue weighted by Crippen LogP contribution is -2.40. The van der Waals surface area contributed by atoms with Crippen LogP contribution >= 0.6 is 27.3 Å². The van der Waals surface area contributed by atoms with Gasteiger partial charge in [0.25, 0.3) is 0 Å². The van der Waals surface area contributed by atoms with Gasteiger partial charge in [-0.15, -0.1) is 11.3 Å². The van der Waals surface area contributed by atoms with Gasteiger partial charge in [-0.1, -0.05) is 22.0 Å². The monoisotopic (exact) mass is 276 g/mol. The van der Waals surface area contributed by atoms with Crippen LogP contribution < -0.4 is 0 Å². The highest BCUT2D eigenvalue weighted by molar-refractivity contribution is 9.09. The number of esters is 1. The number of ether oxygens (including phenoxy) is 2. The summed E-state index contributed by atoms with van der Waals surface area (Å²) in [4.78, 5) is 12.6. The van der Waals surface area contributed by atoms with Crippen LogP contribution in [0.15, 0.2) is 17.5 Å². The molecule has 1 aromatic rings. The number of carbonyl (C=O) groups excluding carboxylic acids is 1. The molecular formula is C9H9BrO3S. The number of carbonyl (C=O) groups is 1. The molecule has 0 aromatic carbocycles. The van der Waals surface area contributed by atoms with Crippen molar-refractivity contribution < 1.29 is 14.3 Å². The minimum Gasteiger partial charge on any atom is -0.436 e. The third-order valence-corrected chi connectivity index (χ3v) is 3.94. The van der Waals surface area contributed by atoms with E-state index in [1.807, 2.05) is 17.5 Å². The van der Waals surface area contributed by atoms with Crippen LogP contribution in [0, 0.1) is 0 Å². The van der Waals surface area contributed by atoms with Gasteiger partial charge >= 0.3 is 5.97 Å². The van der Waals surface area contributed by atoms with E-state index < -0.39 is 5.60 Å². The molecule has 1 aliphatic heterocycles. The SMILES string of the molecule is O=C1OCO[C@]1(CBr)Cc1cccs1. The van der Waals surface area contributed by atoms with Crippen LogP contribution in [0.5, 0.6) is 0 Å². The number of alkyl halides is 1. The van der Waals surface area contributed by atoms with Crippen LogP contribution in [-0.4, -0.2) is 23.7 Å². The highest BCUT2D eigenvalue weighted by Gasteiger charge is 2.45. The zero-order valence-electron chi connectivity index (χ0n) is 7.36. The van der Waals surface area contributed by atoms with E-state index in [0.717, 1.165) is 4.88 Å². The molecule has 0 aliphatic carbocycles. The predicted molar refractivity (Wildman–Crippen MR) is 56.6 cm³/mol. The van der Waals surface area contributed by atoms with E-state index in [0.29, 0.717) is 11.8 Å². The first-order valence-corrected chi connectivity index (χ1v) is 6.16. The van der Waals surface area contributed by atoms with Crippen LogP contribution in [0.1, 0.15) is 4.88 Å². The second-order valence-corrected chi connectivity index (χ2v) is 4.67. The molecule has 0 amide bonds. The van der Waals surface area contributed by atoms with E-state index in [-0.39, 0.29) is 12.8 Å². The number of hydrogen-bond donors (Lipinski definition) is 0. The first-order chi connectivity index (χ1) is 6.77. The molecule has 1 atom stereocenters. The van der Waals surface area contributed by atoms with Crippen LogP contribution in [0.2, 0.25) is 0 Å². The summed E-state index contributed by atoms with van der Waals surface area (Å²) in [5, 5.41) is 2.45. The molecule has 14 heavy (non-hydrogen) atoms. The fourth-order valence-corrected chi connectivity index (χ4v) is 2.74. The van der Waals surface area contributed by atoms with Gasteiger partial charge in [0, 0.05) is 16.6 Å². The van der Waals surface area contributed by atoms with Gasteiger partial charge in [0.1, 0.15) is 0 Å². The quantitative estimate of drug-likeness (QED) is 0.626. The Morgan fingerprint density at radius 1 is 1.64 bits per heavy atom. The Balaban J connectivity index is 2.17. The Morgan fingerprint density at radius 3 is 3.00 bits per heavy atom. The van der Waals surface area contributed by atoms with E-state index in [1.54, 1.807) is 11.3 Å². The maximum absolute atomic E-state index is 11.5. The number of rotatable bonds is 3. The summed E-state index contributed by atoms with van der Waals surface area (Å²) in [6, 6.07) is 3.95. The standard InChI is InChI=1S/C9H9BrO3S/c10-5-9(8(11)12-6-13-9)4-7-2-1-3-14-7/h1-3H,4-6H2/t9-/m0/s1. The third kappa shape index (κ3) is 1.71. The number of hydrogen-bond acceptors (Lipinski definition) is 4. The van der Waals surface area contributed by atoms with Gasteiger partial charge in [-0.25, -0.2) is 4.79 Å². The smallest absolute Gasteiger partial charge is 0.341 e. The Bertz CT molecular complexity index is 325. The normalized spacial score (nSPS) is 26.5. The molecule has 0 saturated carbocycles. The Hall–Kier alpha value is -0.390. The summed E-state index contributed by atoms with van der Waals surface area (Å²) in [6.45, 7) is 0.0653. The molecular weight excluding hydrogens is 268 g/mol. The predicted octanol–water partition coefficient (Wildman–Crippen LogP) is 1.96. The lowest BCUT2D eigenvalue weighted by molar-refractivity contribution is -0.142. The number of thiophene rings is 1. The fourth-order valence-electron chi connectivity index (χ4n) is 1.34. The van der Waals surface area contributed by atoms with Crippen molar-refractivity contribution >= 4 is 33.2 Å². The van der Waals surface area contributed by atoms with Crippen molar-refractivity contribution in [3.8, 4) is 0 Å². The molecule has 76 valence electrons. The van der Waals surface area contributed by atoms with Gasteiger partial charge in [0.15, 0.2) is 12.4 Å². The van der Waals surface area contributed by atoms with E-state index >= 15 is 0 Å². The van der Waals surface area contributed by atoms with Crippen molar-refractivity contribution in [3.63, 3.8) is 0 Å². The van der Waals surface area contributed by atoms with Crippen LogP contribution in [0.4, 0.5) is 0 Å². The summed E-state index contributed by atoms with van der Waals surface area (Å²) < 4.78 is 10.2. The van der Waals surface area contributed by atoms with Gasteiger partial charge in [0.05, 0.1) is 0 Å². The van der Waals surface area contributed by atoms with Gasteiger partial charge in [-0.2, -0.15) is 0 Å². The molecule has 0 unspecified atom stereocenters. The molecule has 3 nitrogen and oxygen atoms in total. The second kappa shape index (κ2) is 4.00. The summed E-state index contributed by atoms with van der Waals surface area (Å²) in [5.74, 6) is -0.275. The molecule has 0 radical (unpaired) electrons. The van der Waals surface area contributed by atoms with Crippen molar-refractivity contribution in [1.82, 2.24) is 0 Å². The molecule has 1 saturated heterocycles. The van der Waals surface area contributed by atoms with E-state index in [9.17, 15) is 4.79 Å². The number of cyclic esters (lactones) is 1. The van der Waals surface area contributed by atoms with E-state index in [2.05, 4.69) is 15.9 Å². The van der Waals surface area contributed by atoms with Crippen molar-refractivity contribution in [2.24, 2.45) is 0 Å². The third-order valence-electron chi connectivity index (χ3n) is 2.15. The first kappa shape index (κ1) is 10.1. The highest BCUT2D eigenvalue weighted by Crippen LogP contribution is 2.28. The van der Waals surface area contributed by atoms with Gasteiger partial charge in [0.2, 0.25) is 0 Å². The summed E-state index contributed by atoms with van der Waals surface area (Å²) in [6.07, 6.45) is 0.578. The molecule has 5 heteroatoms. The average molecular weight is 277 g/mol. The lowest BCUT2D eigenvalue weighted by atomic mass is 10.0. The van der Waals surface area contributed by atoms with Gasteiger partial charge < -0.3 is 9.47 Å². The Labute approximate surface area is 94.1 Å². The minimum absolute atomic E-state index is 0.0653.